The van der Waals surface area contributed by atoms with E-state index >= 15 is 0 Å². The van der Waals surface area contributed by atoms with E-state index < -0.39 is 0 Å². The number of pyridine rings is 1. The largest absolute Gasteiger partial charge is 0.259 e. The molecule has 0 aliphatic carbocycles. The van der Waals surface area contributed by atoms with Crippen LogP contribution in [-0.4, -0.2) is 13.7 Å². The Kier molecular flexibility index (Phi) is 7.07. The molecule has 0 amide bonds. The Balaban J connectivity index is 2.00. The predicted octanol–water partition coefficient (Wildman–Crippen LogP) is 5.33. The van der Waals surface area contributed by atoms with Crippen LogP contribution in [0.2, 0.25) is 0 Å². The van der Waals surface area contributed by atoms with E-state index in [1.54, 1.807) is 0 Å². The predicted molar refractivity (Wildman–Crippen MR) is 90.9 cm³/mol. The highest BCUT2D eigenvalue weighted by molar-refractivity contribution is 7.00. The molecule has 0 unspecified atom stereocenters. The number of hydrogen-bond acceptors (Lipinski definition) is 4. The first-order valence-corrected chi connectivity index (χ1v) is 9.18. The van der Waals surface area contributed by atoms with Crippen molar-refractivity contribution < 1.29 is 0 Å². The summed E-state index contributed by atoms with van der Waals surface area (Å²) in [6.45, 7) is 4.49. The molecule has 116 valence electrons. The van der Waals surface area contributed by atoms with Crippen molar-refractivity contribution in [3.05, 3.63) is 17.5 Å². The number of hydrogen-bond donors (Lipinski definition) is 0. The number of nitrogens with zero attached hydrogens (tertiary/aromatic N) is 3. The first kappa shape index (κ1) is 16.3. The second-order valence-corrected chi connectivity index (χ2v) is 6.34. The maximum absolute atomic E-state index is 4.68. The van der Waals surface area contributed by atoms with Crippen molar-refractivity contribution in [1.29, 1.82) is 0 Å². The van der Waals surface area contributed by atoms with Gasteiger partial charge < -0.3 is 0 Å². The van der Waals surface area contributed by atoms with Crippen LogP contribution in [0.3, 0.4) is 0 Å². The Hall–Kier alpha value is -1.03. The Morgan fingerprint density at radius 1 is 0.810 bits per heavy atom. The maximum Gasteiger partial charge on any atom is 0.126 e. The lowest BCUT2D eigenvalue weighted by Gasteiger charge is -2.05. The molecule has 2 rings (SSSR count). The fraction of sp³-hybridized carbons (Fsp3) is 0.706. The van der Waals surface area contributed by atoms with E-state index in [-0.39, 0.29) is 0 Å². The van der Waals surface area contributed by atoms with E-state index in [1.807, 2.05) is 6.20 Å². The van der Waals surface area contributed by atoms with E-state index in [0.717, 1.165) is 29.6 Å². The summed E-state index contributed by atoms with van der Waals surface area (Å²) in [6, 6.07) is 0. The zero-order chi connectivity index (χ0) is 14.9. The second-order valence-electron chi connectivity index (χ2n) is 5.81. The fourth-order valence-corrected chi connectivity index (χ4v) is 3.29. The van der Waals surface area contributed by atoms with E-state index in [0.29, 0.717) is 0 Å². The molecule has 0 fully saturated rings. The summed E-state index contributed by atoms with van der Waals surface area (Å²) in [5.74, 6) is 0. The van der Waals surface area contributed by atoms with E-state index in [2.05, 4.69) is 27.6 Å². The third kappa shape index (κ3) is 4.73. The molecule has 0 bridgehead atoms. The van der Waals surface area contributed by atoms with Gasteiger partial charge in [-0.05, 0) is 31.2 Å². The van der Waals surface area contributed by atoms with Crippen molar-refractivity contribution >= 4 is 22.8 Å². The van der Waals surface area contributed by atoms with Crippen molar-refractivity contribution in [3.8, 4) is 0 Å². The van der Waals surface area contributed by atoms with Gasteiger partial charge >= 0.3 is 0 Å². The van der Waals surface area contributed by atoms with E-state index in [4.69, 9.17) is 0 Å². The third-order valence-corrected chi connectivity index (χ3v) is 4.54. The second kappa shape index (κ2) is 9.08. The number of fused-ring (bicyclic) bond motifs is 1. The van der Waals surface area contributed by atoms with Crippen molar-refractivity contribution in [2.75, 3.05) is 0 Å². The molecular weight excluding hydrogens is 278 g/mol. The quantitative estimate of drug-likeness (QED) is 0.557. The number of aromatic nitrogens is 3. The number of unbranched alkanes of at least 4 members (excludes halogenated alkanes) is 6. The van der Waals surface area contributed by atoms with Gasteiger partial charge in [-0.25, -0.2) is 0 Å². The first-order valence-electron chi connectivity index (χ1n) is 8.45. The van der Waals surface area contributed by atoms with Crippen LogP contribution in [0.4, 0.5) is 0 Å². The standard InChI is InChI=1S/C17H27N3S/c1-3-5-7-9-11-14-13-18-15(12-10-8-6-4-2)17-16(14)19-21-20-17/h13H,3-12H2,1-2H3. The lowest BCUT2D eigenvalue weighted by molar-refractivity contribution is 0.659. The zero-order valence-corrected chi connectivity index (χ0v) is 14.2. The molecular formula is C17H27N3S. The lowest BCUT2D eigenvalue weighted by atomic mass is 10.0. The van der Waals surface area contributed by atoms with E-state index in [1.165, 1.54) is 68.7 Å². The maximum atomic E-state index is 4.68. The fourth-order valence-electron chi connectivity index (χ4n) is 2.69. The number of rotatable bonds is 10. The first-order chi connectivity index (χ1) is 10.4. The highest BCUT2D eigenvalue weighted by Crippen LogP contribution is 2.22. The SMILES string of the molecule is CCCCCCc1cnc(CCCCCC)c2nsnc12. The topological polar surface area (TPSA) is 38.7 Å². The zero-order valence-electron chi connectivity index (χ0n) is 13.4. The summed E-state index contributed by atoms with van der Waals surface area (Å²) in [4.78, 5) is 4.68. The van der Waals surface area contributed by atoms with Crippen molar-refractivity contribution in [3.63, 3.8) is 0 Å². The van der Waals surface area contributed by atoms with Crippen LogP contribution in [0.5, 0.6) is 0 Å². The average molecular weight is 305 g/mol. The van der Waals surface area contributed by atoms with Crippen LogP contribution >= 0.6 is 11.7 Å². The molecule has 0 radical (unpaired) electrons. The van der Waals surface area contributed by atoms with Gasteiger partial charge in [0.2, 0.25) is 0 Å². The Morgan fingerprint density at radius 3 is 2.19 bits per heavy atom. The molecule has 0 aromatic carbocycles. The van der Waals surface area contributed by atoms with Gasteiger partial charge in [-0.1, -0.05) is 52.4 Å². The Morgan fingerprint density at radius 2 is 1.48 bits per heavy atom. The Labute approximate surface area is 132 Å². The molecule has 2 aromatic heterocycles. The van der Waals surface area contributed by atoms with Gasteiger partial charge in [-0.3, -0.25) is 4.98 Å². The van der Waals surface area contributed by atoms with Crippen LogP contribution in [-0.2, 0) is 12.8 Å². The van der Waals surface area contributed by atoms with Crippen molar-refractivity contribution in [2.45, 2.75) is 78.1 Å². The van der Waals surface area contributed by atoms with Crippen LogP contribution in [0.1, 0.15) is 76.5 Å². The van der Waals surface area contributed by atoms with Gasteiger partial charge in [0.05, 0.1) is 17.4 Å². The minimum absolute atomic E-state index is 1.04. The monoisotopic (exact) mass is 305 g/mol. The Bertz CT molecular complexity index is 490. The molecule has 0 aliphatic rings. The summed E-state index contributed by atoms with van der Waals surface area (Å²) < 4.78 is 9.00. The highest BCUT2D eigenvalue weighted by atomic mass is 32.1. The van der Waals surface area contributed by atoms with Gasteiger partial charge in [0, 0.05) is 6.20 Å². The average Bonchev–Trinajstić information content (AvgIpc) is 2.99. The normalized spacial score (nSPS) is 11.3. The molecule has 0 saturated carbocycles. The van der Waals surface area contributed by atoms with Gasteiger partial charge in [0.15, 0.2) is 0 Å². The molecule has 0 atom stereocenters. The summed E-state index contributed by atoms with van der Waals surface area (Å²) in [5, 5.41) is 0. The van der Waals surface area contributed by atoms with Crippen LogP contribution in [0, 0.1) is 0 Å². The molecule has 2 aromatic rings. The van der Waals surface area contributed by atoms with E-state index in [9.17, 15) is 0 Å². The molecule has 0 N–H and O–H groups in total. The molecule has 0 saturated heterocycles. The minimum Gasteiger partial charge on any atom is -0.259 e. The summed E-state index contributed by atoms with van der Waals surface area (Å²) >= 11 is 1.33. The summed E-state index contributed by atoms with van der Waals surface area (Å²) in [7, 11) is 0. The van der Waals surface area contributed by atoms with Gasteiger partial charge in [0.25, 0.3) is 0 Å². The minimum atomic E-state index is 1.04. The van der Waals surface area contributed by atoms with Gasteiger partial charge in [-0.15, -0.1) is 0 Å². The lowest BCUT2D eigenvalue weighted by Crippen LogP contribution is -1.97. The molecule has 21 heavy (non-hydrogen) atoms. The molecule has 3 nitrogen and oxygen atoms in total. The molecule has 2 heterocycles. The van der Waals surface area contributed by atoms with Crippen LogP contribution in [0.15, 0.2) is 6.20 Å². The van der Waals surface area contributed by atoms with Crippen LogP contribution in [0.25, 0.3) is 11.0 Å². The van der Waals surface area contributed by atoms with Gasteiger partial charge in [0.1, 0.15) is 11.0 Å². The third-order valence-electron chi connectivity index (χ3n) is 4.01. The summed E-state index contributed by atoms with van der Waals surface area (Å²) in [6.07, 6.45) is 14.4. The molecule has 0 spiro atoms. The highest BCUT2D eigenvalue weighted by Gasteiger charge is 2.11. The van der Waals surface area contributed by atoms with Crippen molar-refractivity contribution in [1.82, 2.24) is 13.7 Å². The molecule has 0 aliphatic heterocycles. The van der Waals surface area contributed by atoms with Crippen molar-refractivity contribution in [2.24, 2.45) is 0 Å². The molecule has 4 heteroatoms. The smallest absolute Gasteiger partial charge is 0.126 e. The van der Waals surface area contributed by atoms with Gasteiger partial charge in [-0.2, -0.15) is 8.75 Å². The van der Waals surface area contributed by atoms with Crippen LogP contribution < -0.4 is 0 Å². The summed E-state index contributed by atoms with van der Waals surface area (Å²) in [5.41, 5.74) is 4.60. The number of aryl methyl sites for hydroxylation is 2.